The van der Waals surface area contributed by atoms with E-state index >= 15 is 0 Å². The Bertz CT molecular complexity index is 612. The van der Waals surface area contributed by atoms with Crippen LogP contribution in [0.4, 0.5) is 5.69 Å². The number of rotatable bonds is 4. The van der Waals surface area contributed by atoms with E-state index in [0.29, 0.717) is 11.5 Å². The number of carbonyl (C=O) groups is 1. The molecule has 0 aliphatic rings. The van der Waals surface area contributed by atoms with Crippen LogP contribution in [0.2, 0.25) is 0 Å². The van der Waals surface area contributed by atoms with E-state index in [1.165, 1.54) is 11.8 Å². The molecule has 1 aromatic heterocycles. The summed E-state index contributed by atoms with van der Waals surface area (Å²) in [5, 5.41) is 12.3. The number of amides is 1. The molecule has 92 valence electrons. The normalized spacial score (nSPS) is 10.2. The molecule has 0 saturated heterocycles. The number of nitrogens with one attached hydrogen (secondary N) is 2. The highest BCUT2D eigenvalue weighted by molar-refractivity contribution is 8.00. The van der Waals surface area contributed by atoms with E-state index in [9.17, 15) is 4.79 Å². The van der Waals surface area contributed by atoms with Gasteiger partial charge in [0, 0.05) is 22.3 Å². The maximum atomic E-state index is 11.6. The zero-order valence-electron chi connectivity index (χ0n) is 9.99. The molecule has 2 N–H and O–H groups in total. The molecule has 0 aliphatic carbocycles. The van der Waals surface area contributed by atoms with Crippen LogP contribution in [-0.2, 0) is 4.79 Å². The van der Waals surface area contributed by atoms with Gasteiger partial charge in [0.25, 0.3) is 0 Å². The molecular formula is C13H13N3OS. The molecule has 18 heavy (non-hydrogen) atoms. The molecule has 0 fully saturated rings. The predicted molar refractivity (Wildman–Crippen MR) is 74.6 cm³/mol. The highest BCUT2D eigenvalue weighted by atomic mass is 32.2. The fraction of sp³-hybridized carbons (Fsp3) is 0.231. The third-order valence-electron chi connectivity index (χ3n) is 2.44. The van der Waals surface area contributed by atoms with Gasteiger partial charge in [-0.3, -0.25) is 4.79 Å². The van der Waals surface area contributed by atoms with E-state index in [1.807, 2.05) is 37.3 Å². The summed E-state index contributed by atoms with van der Waals surface area (Å²) in [4.78, 5) is 14.8. The molecule has 0 bridgehead atoms. The number of anilines is 1. The number of nitriles is 1. The molecule has 0 aliphatic heterocycles. The molecule has 1 amide bonds. The van der Waals surface area contributed by atoms with Crippen LogP contribution in [0.15, 0.2) is 24.3 Å². The van der Waals surface area contributed by atoms with Crippen molar-refractivity contribution in [2.24, 2.45) is 0 Å². The summed E-state index contributed by atoms with van der Waals surface area (Å²) < 4.78 is 0. The average Bonchev–Trinajstić information content (AvgIpc) is 2.69. The second kappa shape index (κ2) is 5.61. The number of aromatic nitrogens is 1. The molecule has 0 spiro atoms. The highest BCUT2D eigenvalue weighted by Crippen LogP contribution is 2.19. The minimum Gasteiger partial charge on any atom is -0.359 e. The monoisotopic (exact) mass is 259 g/mol. The Hall–Kier alpha value is -1.93. The number of hydrogen-bond donors (Lipinski definition) is 2. The van der Waals surface area contributed by atoms with E-state index < -0.39 is 0 Å². The molecule has 0 radical (unpaired) electrons. The number of fused-ring (bicyclic) bond motifs is 1. The molecule has 1 heterocycles. The lowest BCUT2D eigenvalue weighted by molar-refractivity contribution is -0.113. The summed E-state index contributed by atoms with van der Waals surface area (Å²) in [7, 11) is 0. The van der Waals surface area contributed by atoms with Crippen LogP contribution < -0.4 is 5.32 Å². The minimum absolute atomic E-state index is 0.0816. The van der Waals surface area contributed by atoms with Gasteiger partial charge < -0.3 is 10.3 Å². The Morgan fingerprint density at radius 1 is 1.50 bits per heavy atom. The van der Waals surface area contributed by atoms with Crippen molar-refractivity contribution in [1.82, 2.24) is 4.98 Å². The number of benzene rings is 1. The van der Waals surface area contributed by atoms with Crippen molar-refractivity contribution < 1.29 is 4.79 Å². The molecule has 1 aromatic carbocycles. The van der Waals surface area contributed by atoms with Gasteiger partial charge in [-0.25, -0.2) is 0 Å². The topological polar surface area (TPSA) is 68.7 Å². The van der Waals surface area contributed by atoms with Crippen molar-refractivity contribution in [2.75, 3.05) is 16.8 Å². The minimum atomic E-state index is -0.0816. The zero-order valence-corrected chi connectivity index (χ0v) is 10.8. The third kappa shape index (κ3) is 3.05. The number of thioether (sulfide) groups is 1. The fourth-order valence-corrected chi connectivity index (χ4v) is 2.19. The van der Waals surface area contributed by atoms with Crippen LogP contribution in [0, 0.1) is 18.3 Å². The van der Waals surface area contributed by atoms with Gasteiger partial charge in [0.05, 0.1) is 17.6 Å². The van der Waals surface area contributed by atoms with Gasteiger partial charge in [-0.1, -0.05) is 0 Å². The van der Waals surface area contributed by atoms with Crippen LogP contribution in [0.1, 0.15) is 5.69 Å². The lowest BCUT2D eigenvalue weighted by Crippen LogP contribution is -2.14. The Morgan fingerprint density at radius 3 is 3.11 bits per heavy atom. The molecular weight excluding hydrogens is 246 g/mol. The Morgan fingerprint density at radius 2 is 2.33 bits per heavy atom. The van der Waals surface area contributed by atoms with Crippen molar-refractivity contribution in [1.29, 1.82) is 5.26 Å². The van der Waals surface area contributed by atoms with Gasteiger partial charge in [0.2, 0.25) is 5.91 Å². The molecule has 2 aromatic rings. The first-order chi connectivity index (χ1) is 8.69. The summed E-state index contributed by atoms with van der Waals surface area (Å²) in [5.41, 5.74) is 2.94. The third-order valence-corrected chi connectivity index (χ3v) is 3.24. The molecule has 2 rings (SSSR count). The lowest BCUT2D eigenvalue weighted by Gasteiger charge is -2.04. The summed E-state index contributed by atoms with van der Waals surface area (Å²) in [6.07, 6.45) is 0. The van der Waals surface area contributed by atoms with Crippen LogP contribution in [0.3, 0.4) is 0 Å². The number of aryl methyl sites for hydroxylation is 1. The summed E-state index contributed by atoms with van der Waals surface area (Å²) in [6, 6.07) is 9.78. The van der Waals surface area contributed by atoms with E-state index in [1.54, 1.807) is 0 Å². The average molecular weight is 259 g/mol. The van der Waals surface area contributed by atoms with Crippen molar-refractivity contribution in [2.45, 2.75) is 6.92 Å². The van der Waals surface area contributed by atoms with Crippen molar-refractivity contribution in [3.63, 3.8) is 0 Å². The summed E-state index contributed by atoms with van der Waals surface area (Å²) in [5.74, 6) is 0.558. The standard InChI is InChI=1S/C13H13N3OS/c1-9-6-10-7-11(2-3-12(10)15-9)16-13(17)8-18-5-4-14/h2-3,6-7,15H,5,8H2,1H3,(H,16,17). The van der Waals surface area contributed by atoms with Crippen LogP contribution >= 0.6 is 11.8 Å². The zero-order chi connectivity index (χ0) is 13.0. The molecule has 5 heteroatoms. The summed E-state index contributed by atoms with van der Waals surface area (Å²) >= 11 is 1.31. The smallest absolute Gasteiger partial charge is 0.234 e. The van der Waals surface area contributed by atoms with Gasteiger partial charge in [-0.05, 0) is 31.2 Å². The largest absolute Gasteiger partial charge is 0.359 e. The maximum Gasteiger partial charge on any atom is 0.234 e. The van der Waals surface area contributed by atoms with Crippen LogP contribution in [0.25, 0.3) is 10.9 Å². The maximum absolute atomic E-state index is 11.6. The van der Waals surface area contributed by atoms with Crippen molar-refractivity contribution in [3.05, 3.63) is 30.0 Å². The van der Waals surface area contributed by atoms with Crippen LogP contribution in [-0.4, -0.2) is 22.4 Å². The first-order valence-electron chi connectivity index (χ1n) is 5.53. The van der Waals surface area contributed by atoms with Crippen molar-refractivity contribution >= 4 is 34.3 Å². The molecule has 4 nitrogen and oxygen atoms in total. The van der Waals surface area contributed by atoms with E-state index in [0.717, 1.165) is 22.3 Å². The second-order valence-electron chi connectivity index (χ2n) is 3.95. The number of aromatic amines is 1. The van der Waals surface area contributed by atoms with E-state index in [-0.39, 0.29) is 5.91 Å². The van der Waals surface area contributed by atoms with Gasteiger partial charge in [0.1, 0.15) is 0 Å². The van der Waals surface area contributed by atoms with Gasteiger partial charge >= 0.3 is 0 Å². The molecule has 0 atom stereocenters. The van der Waals surface area contributed by atoms with Gasteiger partial charge in [0.15, 0.2) is 0 Å². The molecule has 0 saturated carbocycles. The number of carbonyl (C=O) groups excluding carboxylic acids is 1. The SMILES string of the molecule is Cc1cc2cc(NC(=O)CSCC#N)ccc2[nH]1. The fourth-order valence-electron chi connectivity index (χ4n) is 1.74. The quantitative estimate of drug-likeness (QED) is 0.829. The van der Waals surface area contributed by atoms with Crippen molar-refractivity contribution in [3.8, 4) is 6.07 Å². The number of nitrogens with zero attached hydrogens (tertiary/aromatic N) is 1. The van der Waals surface area contributed by atoms with Gasteiger partial charge in [-0.2, -0.15) is 5.26 Å². The Kier molecular flexibility index (Phi) is 3.90. The summed E-state index contributed by atoms with van der Waals surface area (Å²) in [6.45, 7) is 2.00. The first-order valence-corrected chi connectivity index (χ1v) is 6.68. The number of hydrogen-bond acceptors (Lipinski definition) is 3. The number of H-pyrrole nitrogens is 1. The highest BCUT2D eigenvalue weighted by Gasteiger charge is 2.04. The van der Waals surface area contributed by atoms with Crippen LogP contribution in [0.5, 0.6) is 0 Å². The lowest BCUT2D eigenvalue weighted by atomic mass is 10.2. The Labute approximate surface area is 109 Å². The van der Waals surface area contributed by atoms with E-state index in [4.69, 9.17) is 5.26 Å². The Balaban J connectivity index is 2.03. The van der Waals surface area contributed by atoms with E-state index in [2.05, 4.69) is 10.3 Å². The second-order valence-corrected chi connectivity index (χ2v) is 4.94. The molecule has 0 unspecified atom stereocenters. The van der Waals surface area contributed by atoms with Gasteiger partial charge in [-0.15, -0.1) is 11.8 Å². The predicted octanol–water partition coefficient (Wildman–Crippen LogP) is 2.67. The first kappa shape index (κ1) is 12.5.